The van der Waals surface area contributed by atoms with Gasteiger partial charge < -0.3 is 5.32 Å². The monoisotopic (exact) mass is 491 g/mol. The van der Waals surface area contributed by atoms with Crippen molar-refractivity contribution < 1.29 is 14.4 Å². The molecule has 4 fully saturated rings. The highest BCUT2D eigenvalue weighted by Gasteiger charge is 2.63. The van der Waals surface area contributed by atoms with E-state index in [4.69, 9.17) is 0 Å². The fourth-order valence-corrected chi connectivity index (χ4v) is 9.49. The normalized spacial score (nSPS) is 39.5. The molecule has 0 spiro atoms. The standard InChI is InChI=1S/C32H45NO3/c1-5-27(21-9-7-6-8-10-21)33-29(36)17-20(2)24-11-12-25-30-26(14-16-32(24,25)4)31(3)15-13-23(34)18-22(31)19-28(30)35/h6-10,20,22,24-27,30H,5,11-19H2,1-4H3,(H,33,36)/t20-,22+,24-,25+,26+,27?,30+,31+,32-/m1/s1. The first-order chi connectivity index (χ1) is 17.2. The molecule has 0 aliphatic heterocycles. The van der Waals surface area contributed by atoms with E-state index in [2.05, 4.69) is 45.1 Å². The Labute approximate surface area is 217 Å². The lowest BCUT2D eigenvalue weighted by atomic mass is 9.44. The molecule has 4 heteroatoms. The molecule has 1 amide bonds. The molecule has 0 heterocycles. The van der Waals surface area contributed by atoms with E-state index in [0.717, 1.165) is 38.5 Å². The first kappa shape index (κ1) is 25.7. The Morgan fingerprint density at radius 2 is 1.72 bits per heavy atom. The Bertz CT molecular complexity index is 1000. The maximum absolute atomic E-state index is 13.6. The average Bonchev–Trinajstić information content (AvgIpc) is 3.21. The molecule has 1 aromatic rings. The molecule has 4 saturated carbocycles. The molecule has 4 aliphatic carbocycles. The predicted octanol–water partition coefficient (Wildman–Crippen LogP) is 6.69. The Morgan fingerprint density at radius 3 is 2.44 bits per heavy atom. The van der Waals surface area contributed by atoms with Crippen LogP contribution in [-0.2, 0) is 14.4 Å². The van der Waals surface area contributed by atoms with Crippen LogP contribution in [0, 0.1) is 46.3 Å². The summed E-state index contributed by atoms with van der Waals surface area (Å²) < 4.78 is 0. The number of rotatable bonds is 6. The third kappa shape index (κ3) is 4.27. The third-order valence-corrected chi connectivity index (χ3v) is 11.5. The maximum Gasteiger partial charge on any atom is 0.220 e. The van der Waals surface area contributed by atoms with Crippen molar-refractivity contribution in [3.8, 4) is 0 Å². The van der Waals surface area contributed by atoms with E-state index in [1.807, 2.05) is 18.2 Å². The van der Waals surface area contributed by atoms with Gasteiger partial charge >= 0.3 is 0 Å². The average molecular weight is 492 g/mol. The molecular weight excluding hydrogens is 446 g/mol. The maximum atomic E-state index is 13.6. The van der Waals surface area contributed by atoms with Gasteiger partial charge in [0.15, 0.2) is 0 Å². The molecule has 1 N–H and O–H groups in total. The van der Waals surface area contributed by atoms with Gasteiger partial charge in [0.2, 0.25) is 5.91 Å². The summed E-state index contributed by atoms with van der Waals surface area (Å²) in [6, 6.07) is 10.3. The van der Waals surface area contributed by atoms with Crippen LogP contribution in [0.3, 0.4) is 0 Å². The minimum absolute atomic E-state index is 0.0594. The van der Waals surface area contributed by atoms with Crippen LogP contribution < -0.4 is 5.32 Å². The number of ketones is 2. The largest absolute Gasteiger partial charge is 0.349 e. The van der Waals surface area contributed by atoms with Crippen LogP contribution in [0.25, 0.3) is 0 Å². The predicted molar refractivity (Wildman–Crippen MR) is 142 cm³/mol. The van der Waals surface area contributed by atoms with E-state index < -0.39 is 0 Å². The number of carbonyl (C=O) groups is 3. The van der Waals surface area contributed by atoms with Gasteiger partial charge in [-0.2, -0.15) is 0 Å². The first-order valence-electron chi connectivity index (χ1n) is 14.6. The molecule has 0 bridgehead atoms. The van der Waals surface area contributed by atoms with Gasteiger partial charge in [0.1, 0.15) is 11.6 Å². The number of amides is 1. The summed E-state index contributed by atoms with van der Waals surface area (Å²) >= 11 is 0. The Morgan fingerprint density at radius 1 is 1.00 bits per heavy atom. The molecule has 4 nitrogen and oxygen atoms in total. The van der Waals surface area contributed by atoms with Crippen molar-refractivity contribution in [2.45, 2.75) is 97.9 Å². The summed E-state index contributed by atoms with van der Waals surface area (Å²) in [6.07, 6.45) is 8.82. The minimum Gasteiger partial charge on any atom is -0.349 e. The highest BCUT2D eigenvalue weighted by Crippen LogP contribution is 2.67. The number of nitrogens with one attached hydrogen (secondary N) is 1. The molecule has 0 saturated heterocycles. The van der Waals surface area contributed by atoms with Crippen LogP contribution >= 0.6 is 0 Å². The van der Waals surface area contributed by atoms with Crippen molar-refractivity contribution in [2.75, 3.05) is 0 Å². The second-order valence-corrected chi connectivity index (χ2v) is 13.2. The van der Waals surface area contributed by atoms with Crippen molar-refractivity contribution in [3.63, 3.8) is 0 Å². The molecular formula is C32H45NO3. The van der Waals surface area contributed by atoms with Crippen molar-refractivity contribution in [3.05, 3.63) is 35.9 Å². The number of carbonyl (C=O) groups excluding carboxylic acids is 3. The molecule has 1 aromatic carbocycles. The molecule has 4 aliphatic rings. The van der Waals surface area contributed by atoms with Crippen LogP contribution in [0.15, 0.2) is 30.3 Å². The second kappa shape index (κ2) is 9.72. The third-order valence-electron chi connectivity index (χ3n) is 11.5. The van der Waals surface area contributed by atoms with Gasteiger partial charge in [0.25, 0.3) is 0 Å². The van der Waals surface area contributed by atoms with Crippen LogP contribution in [-0.4, -0.2) is 17.5 Å². The van der Waals surface area contributed by atoms with Crippen LogP contribution in [0.2, 0.25) is 0 Å². The highest BCUT2D eigenvalue weighted by molar-refractivity contribution is 5.86. The number of fused-ring (bicyclic) bond motifs is 5. The van der Waals surface area contributed by atoms with Crippen LogP contribution in [0.5, 0.6) is 0 Å². The Hall–Kier alpha value is -1.97. The van der Waals surface area contributed by atoms with E-state index in [1.54, 1.807) is 0 Å². The topological polar surface area (TPSA) is 63.2 Å². The Balaban J connectivity index is 1.28. The number of Topliss-reactive ketones (excluding diaryl/α,β-unsaturated/α-hetero) is 2. The zero-order valence-electron chi connectivity index (χ0n) is 22.7. The van der Waals surface area contributed by atoms with Gasteiger partial charge in [0, 0.05) is 31.6 Å². The molecule has 196 valence electrons. The van der Waals surface area contributed by atoms with Gasteiger partial charge in [-0.25, -0.2) is 0 Å². The van der Waals surface area contributed by atoms with Crippen molar-refractivity contribution in [1.82, 2.24) is 5.32 Å². The van der Waals surface area contributed by atoms with Gasteiger partial charge in [-0.15, -0.1) is 0 Å². The minimum atomic E-state index is 0.0594. The van der Waals surface area contributed by atoms with Gasteiger partial charge in [-0.05, 0) is 84.5 Å². The zero-order chi connectivity index (χ0) is 25.7. The van der Waals surface area contributed by atoms with E-state index in [0.29, 0.717) is 60.9 Å². The lowest BCUT2D eigenvalue weighted by Crippen LogP contribution is -2.57. The summed E-state index contributed by atoms with van der Waals surface area (Å²) in [7, 11) is 0. The molecule has 0 radical (unpaired) electrons. The molecule has 5 rings (SSSR count). The lowest BCUT2D eigenvalue weighted by Gasteiger charge is -2.59. The van der Waals surface area contributed by atoms with Crippen molar-refractivity contribution in [1.29, 1.82) is 0 Å². The highest BCUT2D eigenvalue weighted by atomic mass is 16.2. The van der Waals surface area contributed by atoms with E-state index in [9.17, 15) is 14.4 Å². The number of hydrogen-bond donors (Lipinski definition) is 1. The van der Waals surface area contributed by atoms with Crippen molar-refractivity contribution in [2.24, 2.45) is 46.3 Å². The first-order valence-corrected chi connectivity index (χ1v) is 14.6. The molecule has 36 heavy (non-hydrogen) atoms. The van der Waals surface area contributed by atoms with Crippen LogP contribution in [0.4, 0.5) is 0 Å². The summed E-state index contributed by atoms with van der Waals surface area (Å²) in [4.78, 5) is 38.9. The second-order valence-electron chi connectivity index (χ2n) is 13.2. The zero-order valence-corrected chi connectivity index (χ0v) is 22.7. The number of benzene rings is 1. The summed E-state index contributed by atoms with van der Waals surface area (Å²) in [5.41, 5.74) is 1.44. The van der Waals surface area contributed by atoms with E-state index >= 15 is 0 Å². The summed E-state index contributed by atoms with van der Waals surface area (Å²) in [5, 5.41) is 3.29. The van der Waals surface area contributed by atoms with E-state index in [1.165, 1.54) is 5.56 Å². The van der Waals surface area contributed by atoms with Gasteiger partial charge in [0.05, 0.1) is 6.04 Å². The fourth-order valence-electron chi connectivity index (χ4n) is 9.49. The summed E-state index contributed by atoms with van der Waals surface area (Å²) in [6.45, 7) is 9.22. The molecule has 1 unspecified atom stereocenters. The lowest BCUT2D eigenvalue weighted by molar-refractivity contribution is -0.159. The molecule has 0 aromatic heterocycles. The smallest absolute Gasteiger partial charge is 0.220 e. The quantitative estimate of drug-likeness (QED) is 0.482. The Kier molecular flexibility index (Phi) is 6.93. The molecule has 9 atom stereocenters. The van der Waals surface area contributed by atoms with Crippen molar-refractivity contribution >= 4 is 17.5 Å². The SMILES string of the molecule is CCC(NC(=O)C[C@@H](C)[C@H]1CC[C@H]2[C@@H]3C(=O)C[C@@H]4CC(=O)CC[C@]4(C)[C@H]3CC[C@]12C)c1ccccc1. The van der Waals surface area contributed by atoms with E-state index in [-0.39, 0.29) is 34.6 Å². The fraction of sp³-hybridized carbons (Fsp3) is 0.719. The van der Waals surface area contributed by atoms with Crippen LogP contribution in [0.1, 0.15) is 104 Å². The van der Waals surface area contributed by atoms with Gasteiger partial charge in [-0.3, -0.25) is 14.4 Å². The van der Waals surface area contributed by atoms with Gasteiger partial charge in [-0.1, -0.05) is 58.0 Å². The number of hydrogen-bond acceptors (Lipinski definition) is 3. The summed E-state index contributed by atoms with van der Waals surface area (Å²) in [5.74, 6) is 3.01.